The van der Waals surface area contributed by atoms with Crippen LogP contribution in [0.3, 0.4) is 0 Å². The van der Waals surface area contributed by atoms with Gasteiger partial charge in [-0.3, -0.25) is 9.59 Å². The van der Waals surface area contributed by atoms with Crippen molar-refractivity contribution in [3.8, 4) is 0 Å². The van der Waals surface area contributed by atoms with Gasteiger partial charge in [-0.15, -0.1) is 6.58 Å². The van der Waals surface area contributed by atoms with Crippen LogP contribution in [0, 0.1) is 22.2 Å². The van der Waals surface area contributed by atoms with E-state index in [1.165, 1.54) is 0 Å². The van der Waals surface area contributed by atoms with Gasteiger partial charge in [-0.25, -0.2) is 0 Å². The van der Waals surface area contributed by atoms with Gasteiger partial charge in [0.05, 0.1) is 12.3 Å². The molecule has 108 valence electrons. The van der Waals surface area contributed by atoms with Crippen LogP contribution in [0.5, 0.6) is 0 Å². The molecule has 0 spiro atoms. The Balaban J connectivity index is 3.12. The third-order valence-corrected chi connectivity index (χ3v) is 4.45. The molecule has 3 nitrogen and oxygen atoms in total. The predicted octanol–water partition coefficient (Wildman–Crippen LogP) is 3.73. The van der Waals surface area contributed by atoms with Crippen molar-refractivity contribution in [2.75, 3.05) is 0 Å². The fraction of sp³-hybridized carbons (Fsp3) is 0.750. The second-order valence-corrected chi connectivity index (χ2v) is 7.66. The maximum atomic E-state index is 11.9. The zero-order chi connectivity index (χ0) is 15.1. The van der Waals surface area contributed by atoms with Crippen LogP contribution in [0.25, 0.3) is 0 Å². The highest BCUT2D eigenvalue weighted by atomic mass is 16.6. The smallest absolute Gasteiger partial charge is 0.318 e. The molecule has 1 saturated heterocycles. The van der Waals surface area contributed by atoms with Crippen LogP contribution in [0.15, 0.2) is 12.7 Å². The number of carbonyl (C=O) groups is 2. The van der Waals surface area contributed by atoms with Gasteiger partial charge in [0, 0.05) is 5.41 Å². The number of hydrogen-bond acceptors (Lipinski definition) is 3. The molecule has 0 amide bonds. The summed E-state index contributed by atoms with van der Waals surface area (Å²) in [6.45, 7) is 16.7. The Kier molecular flexibility index (Phi) is 4.00. The number of rotatable bonds is 4. The molecule has 0 aromatic rings. The lowest BCUT2D eigenvalue weighted by Crippen LogP contribution is -2.43. The van der Waals surface area contributed by atoms with Crippen molar-refractivity contribution in [3.05, 3.63) is 12.7 Å². The SMILES string of the molecule is C=CC(C)(C1CC(=O)OC1=O)C(C)(C)CC(C)(C)C. The number of esters is 2. The van der Waals surface area contributed by atoms with E-state index in [1.807, 2.05) is 13.0 Å². The summed E-state index contributed by atoms with van der Waals surface area (Å²) in [5.74, 6) is -1.25. The molecule has 0 aromatic carbocycles. The second kappa shape index (κ2) is 4.77. The van der Waals surface area contributed by atoms with Crippen molar-refractivity contribution in [1.82, 2.24) is 0 Å². The summed E-state index contributed by atoms with van der Waals surface area (Å²) in [4.78, 5) is 23.3. The lowest BCUT2D eigenvalue weighted by atomic mass is 9.55. The fourth-order valence-corrected chi connectivity index (χ4v) is 3.34. The van der Waals surface area contributed by atoms with E-state index >= 15 is 0 Å². The Bertz CT molecular complexity index is 401. The third-order valence-electron chi connectivity index (χ3n) is 4.45. The molecule has 0 aromatic heterocycles. The van der Waals surface area contributed by atoms with Gasteiger partial charge < -0.3 is 4.74 Å². The van der Waals surface area contributed by atoms with Crippen molar-refractivity contribution in [3.63, 3.8) is 0 Å². The first kappa shape index (κ1) is 15.9. The zero-order valence-corrected chi connectivity index (χ0v) is 13.0. The molecule has 0 N–H and O–H groups in total. The molecule has 19 heavy (non-hydrogen) atoms. The number of allylic oxidation sites excluding steroid dienone is 1. The van der Waals surface area contributed by atoms with Gasteiger partial charge in [0.15, 0.2) is 0 Å². The van der Waals surface area contributed by atoms with E-state index in [9.17, 15) is 9.59 Å². The monoisotopic (exact) mass is 266 g/mol. The fourth-order valence-electron chi connectivity index (χ4n) is 3.34. The van der Waals surface area contributed by atoms with E-state index in [2.05, 4.69) is 41.2 Å². The van der Waals surface area contributed by atoms with Crippen LogP contribution >= 0.6 is 0 Å². The van der Waals surface area contributed by atoms with E-state index in [-0.39, 0.29) is 17.3 Å². The quantitative estimate of drug-likeness (QED) is 0.442. The summed E-state index contributed by atoms with van der Waals surface area (Å²) in [6.07, 6.45) is 2.92. The van der Waals surface area contributed by atoms with Crippen molar-refractivity contribution in [2.24, 2.45) is 22.2 Å². The molecule has 0 aliphatic carbocycles. The Morgan fingerprint density at radius 3 is 2.05 bits per heavy atom. The van der Waals surface area contributed by atoms with Gasteiger partial charge in [0.25, 0.3) is 0 Å². The topological polar surface area (TPSA) is 43.4 Å². The van der Waals surface area contributed by atoms with Crippen LogP contribution in [0.1, 0.15) is 54.4 Å². The highest BCUT2D eigenvalue weighted by Gasteiger charge is 2.53. The molecule has 1 fully saturated rings. The summed E-state index contributed by atoms with van der Waals surface area (Å²) in [6, 6.07) is 0. The molecule has 3 heteroatoms. The van der Waals surface area contributed by atoms with Crippen molar-refractivity contribution in [2.45, 2.75) is 54.4 Å². The molecule has 1 aliphatic heterocycles. The molecule has 1 aliphatic rings. The zero-order valence-electron chi connectivity index (χ0n) is 13.0. The van der Waals surface area contributed by atoms with E-state index in [1.54, 1.807) is 0 Å². The van der Waals surface area contributed by atoms with Crippen molar-refractivity contribution in [1.29, 1.82) is 0 Å². The first-order chi connectivity index (χ1) is 8.43. The molecule has 1 heterocycles. The first-order valence-corrected chi connectivity index (χ1v) is 6.81. The molecule has 2 unspecified atom stereocenters. The van der Waals surface area contributed by atoms with Crippen LogP contribution < -0.4 is 0 Å². The van der Waals surface area contributed by atoms with Gasteiger partial charge in [-0.1, -0.05) is 47.6 Å². The standard InChI is InChI=1S/C16H26O3/c1-8-16(7,11-9-12(17)19-13(11)18)15(5,6)10-14(2,3)4/h8,11H,1,9-10H2,2-7H3. The minimum absolute atomic E-state index is 0.139. The van der Waals surface area contributed by atoms with Crippen molar-refractivity contribution >= 4 is 11.9 Å². The summed E-state index contributed by atoms with van der Waals surface area (Å²) in [5, 5.41) is 0. The van der Waals surface area contributed by atoms with Crippen molar-refractivity contribution < 1.29 is 14.3 Å². The summed E-state index contributed by atoms with van der Waals surface area (Å²) in [5.41, 5.74) is -0.467. The second-order valence-electron chi connectivity index (χ2n) is 7.66. The summed E-state index contributed by atoms with van der Waals surface area (Å²) in [7, 11) is 0. The number of carbonyl (C=O) groups excluding carboxylic acids is 2. The van der Waals surface area contributed by atoms with Gasteiger partial charge in [0.2, 0.25) is 0 Å². The van der Waals surface area contributed by atoms with E-state index in [0.29, 0.717) is 0 Å². The van der Waals surface area contributed by atoms with Gasteiger partial charge in [-0.05, 0) is 17.3 Å². The average molecular weight is 266 g/mol. The molecule has 2 atom stereocenters. The molecular weight excluding hydrogens is 240 g/mol. The largest absolute Gasteiger partial charge is 0.393 e. The Morgan fingerprint density at radius 2 is 1.74 bits per heavy atom. The minimum atomic E-state index is -0.455. The number of hydrogen-bond donors (Lipinski definition) is 0. The maximum Gasteiger partial charge on any atom is 0.318 e. The number of ether oxygens (including phenoxy) is 1. The third kappa shape index (κ3) is 3.07. The lowest BCUT2D eigenvalue weighted by molar-refractivity contribution is -0.155. The molecule has 0 radical (unpaired) electrons. The number of cyclic esters (lactones) is 2. The molecular formula is C16H26O3. The highest BCUT2D eigenvalue weighted by Crippen LogP contribution is 2.53. The Labute approximate surface area is 116 Å². The molecule has 1 rings (SSSR count). The Morgan fingerprint density at radius 1 is 1.21 bits per heavy atom. The first-order valence-electron chi connectivity index (χ1n) is 6.81. The highest BCUT2D eigenvalue weighted by molar-refractivity contribution is 5.95. The lowest BCUT2D eigenvalue weighted by Gasteiger charge is -2.47. The van der Waals surface area contributed by atoms with E-state index in [0.717, 1.165) is 6.42 Å². The normalized spacial score (nSPS) is 24.0. The van der Waals surface area contributed by atoms with Crippen LogP contribution in [0.4, 0.5) is 0 Å². The summed E-state index contributed by atoms with van der Waals surface area (Å²) >= 11 is 0. The van der Waals surface area contributed by atoms with Crippen LogP contribution in [-0.4, -0.2) is 11.9 Å². The molecule has 0 bridgehead atoms. The van der Waals surface area contributed by atoms with Gasteiger partial charge in [-0.2, -0.15) is 0 Å². The average Bonchev–Trinajstić information content (AvgIpc) is 2.53. The van der Waals surface area contributed by atoms with Crippen LogP contribution in [-0.2, 0) is 14.3 Å². The Hall–Kier alpha value is -1.12. The van der Waals surface area contributed by atoms with Crippen LogP contribution in [0.2, 0.25) is 0 Å². The summed E-state index contributed by atoms with van der Waals surface area (Å²) < 4.78 is 4.72. The van der Waals surface area contributed by atoms with E-state index < -0.39 is 23.3 Å². The van der Waals surface area contributed by atoms with E-state index in [4.69, 9.17) is 4.74 Å². The molecule has 0 saturated carbocycles. The van der Waals surface area contributed by atoms with Gasteiger partial charge >= 0.3 is 11.9 Å². The maximum absolute atomic E-state index is 11.9. The van der Waals surface area contributed by atoms with Gasteiger partial charge in [0.1, 0.15) is 0 Å². The minimum Gasteiger partial charge on any atom is -0.393 e. The predicted molar refractivity (Wildman–Crippen MR) is 75.4 cm³/mol.